The molecule has 1 aromatic rings. The maximum Gasteiger partial charge on any atom is 0.341 e. The summed E-state index contributed by atoms with van der Waals surface area (Å²) in [6.07, 6.45) is 1.51. The van der Waals surface area contributed by atoms with E-state index in [0.717, 1.165) is 0 Å². The predicted molar refractivity (Wildman–Crippen MR) is 62.5 cm³/mol. The number of anilines is 1. The zero-order valence-corrected chi connectivity index (χ0v) is 9.77. The van der Waals surface area contributed by atoms with E-state index in [1.807, 2.05) is 0 Å². The SMILES string of the molecule is CCOC(=O)c1cccnc1NC(C)C(N)=O. The van der Waals surface area contributed by atoms with Crippen molar-refractivity contribution in [2.75, 3.05) is 11.9 Å². The van der Waals surface area contributed by atoms with Crippen molar-refractivity contribution in [3.8, 4) is 0 Å². The van der Waals surface area contributed by atoms with E-state index in [4.69, 9.17) is 10.5 Å². The number of hydrogen-bond donors (Lipinski definition) is 2. The van der Waals surface area contributed by atoms with Gasteiger partial charge in [-0.05, 0) is 26.0 Å². The van der Waals surface area contributed by atoms with E-state index in [1.54, 1.807) is 26.0 Å². The van der Waals surface area contributed by atoms with Crippen molar-refractivity contribution in [2.45, 2.75) is 19.9 Å². The van der Waals surface area contributed by atoms with E-state index >= 15 is 0 Å². The Hall–Kier alpha value is -2.11. The van der Waals surface area contributed by atoms with E-state index in [2.05, 4.69) is 10.3 Å². The maximum absolute atomic E-state index is 11.6. The Labute approximate surface area is 99.2 Å². The summed E-state index contributed by atoms with van der Waals surface area (Å²) in [4.78, 5) is 26.5. The third-order valence-corrected chi connectivity index (χ3v) is 2.08. The van der Waals surface area contributed by atoms with Crippen molar-refractivity contribution in [3.63, 3.8) is 0 Å². The highest BCUT2D eigenvalue weighted by atomic mass is 16.5. The molecule has 6 heteroatoms. The Balaban J connectivity index is 2.91. The average Bonchev–Trinajstić information content (AvgIpc) is 2.29. The molecule has 1 aromatic heterocycles. The Morgan fingerprint density at radius 3 is 2.88 bits per heavy atom. The fourth-order valence-corrected chi connectivity index (χ4v) is 1.17. The van der Waals surface area contributed by atoms with Crippen LogP contribution in [-0.4, -0.2) is 29.5 Å². The van der Waals surface area contributed by atoms with Gasteiger partial charge in [-0.1, -0.05) is 0 Å². The van der Waals surface area contributed by atoms with E-state index in [9.17, 15) is 9.59 Å². The van der Waals surface area contributed by atoms with E-state index in [0.29, 0.717) is 0 Å². The molecule has 92 valence electrons. The molecule has 0 aliphatic heterocycles. The van der Waals surface area contributed by atoms with Gasteiger partial charge in [0.05, 0.1) is 6.61 Å². The first-order chi connectivity index (χ1) is 8.06. The van der Waals surface area contributed by atoms with Crippen LogP contribution in [0.15, 0.2) is 18.3 Å². The first kappa shape index (κ1) is 13.0. The molecule has 0 saturated heterocycles. The summed E-state index contributed by atoms with van der Waals surface area (Å²) >= 11 is 0. The molecule has 1 atom stereocenters. The van der Waals surface area contributed by atoms with Crippen LogP contribution in [0.25, 0.3) is 0 Å². The molecule has 0 aliphatic carbocycles. The first-order valence-corrected chi connectivity index (χ1v) is 5.24. The fourth-order valence-electron chi connectivity index (χ4n) is 1.17. The number of pyridine rings is 1. The summed E-state index contributed by atoms with van der Waals surface area (Å²) in [5.74, 6) is -0.720. The van der Waals surface area contributed by atoms with Crippen molar-refractivity contribution >= 4 is 17.7 Å². The molecule has 6 nitrogen and oxygen atoms in total. The molecule has 1 rings (SSSR count). The second-order valence-electron chi connectivity index (χ2n) is 3.39. The molecular weight excluding hydrogens is 222 g/mol. The molecule has 0 aromatic carbocycles. The lowest BCUT2D eigenvalue weighted by Crippen LogP contribution is -2.33. The Morgan fingerprint density at radius 2 is 2.29 bits per heavy atom. The first-order valence-electron chi connectivity index (χ1n) is 5.24. The van der Waals surface area contributed by atoms with Crippen molar-refractivity contribution in [2.24, 2.45) is 5.73 Å². The number of esters is 1. The topological polar surface area (TPSA) is 94.3 Å². The van der Waals surface area contributed by atoms with Crippen molar-refractivity contribution < 1.29 is 14.3 Å². The average molecular weight is 237 g/mol. The van der Waals surface area contributed by atoms with E-state index < -0.39 is 17.9 Å². The molecule has 0 saturated carbocycles. The third-order valence-electron chi connectivity index (χ3n) is 2.08. The molecule has 0 radical (unpaired) electrons. The molecule has 0 bridgehead atoms. The van der Waals surface area contributed by atoms with Gasteiger partial charge < -0.3 is 15.8 Å². The minimum atomic E-state index is -0.613. The number of nitrogens with zero attached hydrogens (tertiary/aromatic N) is 1. The lowest BCUT2D eigenvalue weighted by Gasteiger charge is -2.13. The van der Waals surface area contributed by atoms with Gasteiger partial charge in [-0.15, -0.1) is 0 Å². The van der Waals surface area contributed by atoms with Crippen LogP contribution >= 0.6 is 0 Å². The summed E-state index contributed by atoms with van der Waals surface area (Å²) < 4.78 is 4.88. The molecule has 17 heavy (non-hydrogen) atoms. The third kappa shape index (κ3) is 3.44. The van der Waals surface area contributed by atoms with Gasteiger partial charge in [-0.25, -0.2) is 9.78 Å². The van der Waals surface area contributed by atoms with Crippen LogP contribution in [-0.2, 0) is 9.53 Å². The van der Waals surface area contributed by atoms with Gasteiger partial charge in [-0.3, -0.25) is 4.79 Å². The monoisotopic (exact) mass is 237 g/mol. The predicted octanol–water partition coefficient (Wildman–Crippen LogP) is 0.544. The molecule has 0 spiro atoms. The lowest BCUT2D eigenvalue weighted by molar-refractivity contribution is -0.118. The zero-order chi connectivity index (χ0) is 12.8. The molecule has 3 N–H and O–H groups in total. The lowest BCUT2D eigenvalue weighted by atomic mass is 10.2. The summed E-state index contributed by atoms with van der Waals surface area (Å²) in [6.45, 7) is 3.58. The van der Waals surface area contributed by atoms with Crippen molar-refractivity contribution in [1.29, 1.82) is 0 Å². The van der Waals surface area contributed by atoms with E-state index in [-0.39, 0.29) is 18.0 Å². The van der Waals surface area contributed by atoms with Gasteiger partial charge >= 0.3 is 5.97 Å². The summed E-state index contributed by atoms with van der Waals surface area (Å²) in [7, 11) is 0. The second kappa shape index (κ2) is 5.83. The Kier molecular flexibility index (Phi) is 4.45. The van der Waals surface area contributed by atoms with Crippen LogP contribution < -0.4 is 11.1 Å². The van der Waals surface area contributed by atoms with Gasteiger partial charge in [0.2, 0.25) is 5.91 Å². The second-order valence-corrected chi connectivity index (χ2v) is 3.39. The number of carbonyl (C=O) groups is 2. The number of carbonyl (C=O) groups excluding carboxylic acids is 2. The van der Waals surface area contributed by atoms with Crippen LogP contribution in [0.2, 0.25) is 0 Å². The number of aromatic nitrogens is 1. The molecule has 0 fully saturated rings. The molecular formula is C11H15N3O3. The highest BCUT2D eigenvalue weighted by Gasteiger charge is 2.16. The molecule has 1 amide bonds. The number of hydrogen-bond acceptors (Lipinski definition) is 5. The van der Waals surface area contributed by atoms with Gasteiger partial charge in [-0.2, -0.15) is 0 Å². The van der Waals surface area contributed by atoms with Crippen LogP contribution in [0.4, 0.5) is 5.82 Å². The van der Waals surface area contributed by atoms with Gasteiger partial charge in [0.1, 0.15) is 17.4 Å². The molecule has 0 aliphatic rings. The number of primary amides is 1. The fraction of sp³-hybridized carbons (Fsp3) is 0.364. The number of nitrogens with two attached hydrogens (primary N) is 1. The van der Waals surface area contributed by atoms with Crippen LogP contribution in [0, 0.1) is 0 Å². The summed E-state index contributed by atoms with van der Waals surface area (Å²) in [6, 6.07) is 2.58. The number of amides is 1. The Morgan fingerprint density at radius 1 is 1.59 bits per heavy atom. The highest BCUT2D eigenvalue weighted by Crippen LogP contribution is 2.13. The number of nitrogens with one attached hydrogen (secondary N) is 1. The summed E-state index contributed by atoms with van der Waals surface area (Å²) in [5.41, 5.74) is 5.40. The standard InChI is InChI=1S/C11H15N3O3/c1-3-17-11(16)8-5-4-6-13-10(8)14-7(2)9(12)15/h4-7H,3H2,1-2H3,(H2,12,15)(H,13,14). The minimum absolute atomic E-state index is 0.276. The summed E-state index contributed by atoms with van der Waals surface area (Å²) in [5, 5.41) is 2.76. The van der Waals surface area contributed by atoms with Gasteiger partial charge in [0.25, 0.3) is 0 Å². The highest BCUT2D eigenvalue weighted by molar-refractivity contribution is 5.95. The van der Waals surface area contributed by atoms with Crippen molar-refractivity contribution in [3.05, 3.63) is 23.9 Å². The largest absolute Gasteiger partial charge is 0.462 e. The number of ether oxygens (including phenoxy) is 1. The Bertz CT molecular complexity index is 420. The maximum atomic E-state index is 11.6. The van der Waals surface area contributed by atoms with Gasteiger partial charge in [0, 0.05) is 6.20 Å². The quantitative estimate of drug-likeness (QED) is 0.729. The van der Waals surface area contributed by atoms with Gasteiger partial charge in [0.15, 0.2) is 0 Å². The smallest absolute Gasteiger partial charge is 0.341 e. The zero-order valence-electron chi connectivity index (χ0n) is 9.77. The molecule has 1 heterocycles. The normalized spacial score (nSPS) is 11.6. The van der Waals surface area contributed by atoms with Crippen LogP contribution in [0.1, 0.15) is 24.2 Å². The van der Waals surface area contributed by atoms with E-state index in [1.165, 1.54) is 6.20 Å². The van der Waals surface area contributed by atoms with Crippen LogP contribution in [0.3, 0.4) is 0 Å². The minimum Gasteiger partial charge on any atom is -0.462 e. The number of rotatable bonds is 5. The van der Waals surface area contributed by atoms with Crippen LogP contribution in [0.5, 0.6) is 0 Å². The van der Waals surface area contributed by atoms with Crippen molar-refractivity contribution in [1.82, 2.24) is 4.98 Å². The molecule has 1 unspecified atom stereocenters.